The van der Waals surface area contributed by atoms with Gasteiger partial charge in [-0.25, -0.2) is 4.79 Å². The Balaban J connectivity index is 1.96. The van der Waals surface area contributed by atoms with Crippen molar-refractivity contribution in [2.24, 2.45) is 0 Å². The van der Waals surface area contributed by atoms with Crippen molar-refractivity contribution in [2.45, 2.75) is 12.5 Å². The molecule has 1 aromatic heterocycles. The molecule has 0 spiro atoms. The summed E-state index contributed by atoms with van der Waals surface area (Å²) in [5.41, 5.74) is 2.62. The Morgan fingerprint density at radius 1 is 1.10 bits per heavy atom. The van der Waals surface area contributed by atoms with Gasteiger partial charge in [0, 0.05) is 17.0 Å². The van der Waals surface area contributed by atoms with Gasteiger partial charge in [0.05, 0.1) is 17.1 Å². The molecular weight excluding hydrogens is 276 g/mol. The first-order valence-corrected chi connectivity index (χ1v) is 6.65. The van der Waals surface area contributed by atoms with Crippen molar-refractivity contribution in [1.82, 2.24) is 9.97 Å². The van der Waals surface area contributed by atoms with Crippen molar-refractivity contribution >= 4 is 22.6 Å². The number of aliphatic hydroxyl groups excluding tert-OH is 1. The standard InChI is InChI=1S/C15H13ClN2O2/c16-11-8-13-12(17-15(20)18-13)7-10(11)14(19)6-9-4-2-1-3-5-9/h1-5,7-8,14,19H,6H2,(H2,17,18,20). The predicted molar refractivity (Wildman–Crippen MR) is 79.0 cm³/mol. The zero-order valence-corrected chi connectivity index (χ0v) is 11.3. The fourth-order valence-corrected chi connectivity index (χ4v) is 2.56. The van der Waals surface area contributed by atoms with Crippen molar-refractivity contribution in [3.05, 3.63) is 69.1 Å². The van der Waals surface area contributed by atoms with Crippen LogP contribution in [0.15, 0.2) is 47.3 Å². The summed E-state index contributed by atoms with van der Waals surface area (Å²) < 4.78 is 0. The highest BCUT2D eigenvalue weighted by Gasteiger charge is 2.14. The van der Waals surface area contributed by atoms with E-state index in [2.05, 4.69) is 9.97 Å². The molecule has 0 aliphatic rings. The van der Waals surface area contributed by atoms with Gasteiger partial charge < -0.3 is 15.1 Å². The average Bonchev–Trinajstić information content (AvgIpc) is 2.78. The number of H-pyrrole nitrogens is 2. The Morgan fingerprint density at radius 3 is 2.45 bits per heavy atom. The van der Waals surface area contributed by atoms with Crippen LogP contribution in [0.5, 0.6) is 0 Å². The van der Waals surface area contributed by atoms with Crippen molar-refractivity contribution in [3.63, 3.8) is 0 Å². The highest BCUT2D eigenvalue weighted by Crippen LogP contribution is 2.28. The average molecular weight is 289 g/mol. The molecule has 1 heterocycles. The van der Waals surface area contributed by atoms with Gasteiger partial charge in [-0.1, -0.05) is 41.9 Å². The van der Waals surface area contributed by atoms with Crippen LogP contribution in [-0.2, 0) is 6.42 Å². The van der Waals surface area contributed by atoms with Crippen LogP contribution in [-0.4, -0.2) is 15.1 Å². The van der Waals surface area contributed by atoms with Crippen LogP contribution in [0, 0.1) is 0 Å². The number of aromatic nitrogens is 2. The summed E-state index contributed by atoms with van der Waals surface area (Å²) >= 11 is 6.18. The molecule has 5 heteroatoms. The van der Waals surface area contributed by atoms with E-state index in [0.29, 0.717) is 28.0 Å². The third-order valence-electron chi connectivity index (χ3n) is 3.26. The largest absolute Gasteiger partial charge is 0.388 e. The molecule has 0 aliphatic carbocycles. The van der Waals surface area contributed by atoms with Gasteiger partial charge in [0.15, 0.2) is 0 Å². The Labute approximate surface area is 120 Å². The van der Waals surface area contributed by atoms with E-state index in [0.717, 1.165) is 5.56 Å². The first-order valence-electron chi connectivity index (χ1n) is 6.27. The van der Waals surface area contributed by atoms with E-state index >= 15 is 0 Å². The van der Waals surface area contributed by atoms with Crippen LogP contribution >= 0.6 is 11.6 Å². The molecule has 0 aliphatic heterocycles. The Morgan fingerprint density at radius 2 is 1.75 bits per heavy atom. The third-order valence-corrected chi connectivity index (χ3v) is 3.59. The zero-order chi connectivity index (χ0) is 14.1. The number of hydrogen-bond acceptors (Lipinski definition) is 2. The lowest BCUT2D eigenvalue weighted by Crippen LogP contribution is -2.02. The summed E-state index contributed by atoms with van der Waals surface area (Å²) in [4.78, 5) is 16.6. The van der Waals surface area contributed by atoms with Crippen molar-refractivity contribution in [3.8, 4) is 0 Å². The van der Waals surface area contributed by atoms with E-state index in [4.69, 9.17) is 11.6 Å². The number of fused-ring (bicyclic) bond motifs is 1. The van der Waals surface area contributed by atoms with Gasteiger partial charge in [0.1, 0.15) is 0 Å². The maximum atomic E-state index is 11.3. The number of aliphatic hydroxyl groups is 1. The molecule has 0 saturated carbocycles. The van der Waals surface area contributed by atoms with Crippen LogP contribution in [0.4, 0.5) is 0 Å². The number of halogens is 1. The zero-order valence-electron chi connectivity index (χ0n) is 10.6. The van der Waals surface area contributed by atoms with Gasteiger partial charge in [0.2, 0.25) is 0 Å². The van der Waals surface area contributed by atoms with Crippen molar-refractivity contribution in [2.75, 3.05) is 0 Å². The summed E-state index contributed by atoms with van der Waals surface area (Å²) in [6.45, 7) is 0. The predicted octanol–water partition coefficient (Wildman–Crippen LogP) is 2.79. The molecule has 20 heavy (non-hydrogen) atoms. The van der Waals surface area contributed by atoms with E-state index in [-0.39, 0.29) is 5.69 Å². The third kappa shape index (κ3) is 2.48. The summed E-state index contributed by atoms with van der Waals surface area (Å²) in [6, 6.07) is 13.1. The number of rotatable bonds is 3. The maximum absolute atomic E-state index is 11.3. The lowest BCUT2D eigenvalue weighted by atomic mass is 10.0. The fraction of sp³-hybridized carbons (Fsp3) is 0.133. The number of benzene rings is 2. The molecule has 2 aromatic carbocycles. The summed E-state index contributed by atoms with van der Waals surface area (Å²) in [5, 5.41) is 10.8. The van der Waals surface area contributed by atoms with Gasteiger partial charge in [0.25, 0.3) is 0 Å². The van der Waals surface area contributed by atoms with Crippen LogP contribution in [0.25, 0.3) is 11.0 Å². The van der Waals surface area contributed by atoms with Gasteiger partial charge in [-0.15, -0.1) is 0 Å². The topological polar surface area (TPSA) is 68.9 Å². The number of hydrogen-bond donors (Lipinski definition) is 3. The first kappa shape index (κ1) is 13.0. The smallest absolute Gasteiger partial charge is 0.323 e. The van der Waals surface area contributed by atoms with Crippen molar-refractivity contribution in [1.29, 1.82) is 0 Å². The molecule has 3 aromatic rings. The molecule has 1 atom stereocenters. The fourth-order valence-electron chi connectivity index (χ4n) is 2.28. The molecule has 1 unspecified atom stereocenters. The second-order valence-electron chi connectivity index (χ2n) is 4.70. The summed E-state index contributed by atoms with van der Waals surface area (Å²) in [7, 11) is 0. The lowest BCUT2D eigenvalue weighted by molar-refractivity contribution is 0.178. The quantitative estimate of drug-likeness (QED) is 0.693. The molecule has 3 rings (SSSR count). The van der Waals surface area contributed by atoms with Crippen LogP contribution < -0.4 is 5.69 Å². The minimum absolute atomic E-state index is 0.286. The molecule has 0 bridgehead atoms. The molecule has 4 nitrogen and oxygen atoms in total. The normalized spacial score (nSPS) is 12.7. The minimum atomic E-state index is -0.715. The number of imidazole rings is 1. The molecule has 3 N–H and O–H groups in total. The van der Waals surface area contributed by atoms with Gasteiger partial charge in [-0.3, -0.25) is 0 Å². The molecule has 0 amide bonds. The van der Waals surface area contributed by atoms with Crippen LogP contribution in [0.1, 0.15) is 17.2 Å². The van der Waals surface area contributed by atoms with E-state index in [1.807, 2.05) is 30.3 Å². The van der Waals surface area contributed by atoms with E-state index < -0.39 is 6.10 Å². The summed E-state index contributed by atoms with van der Waals surface area (Å²) in [5.74, 6) is 0. The Hall–Kier alpha value is -2.04. The van der Waals surface area contributed by atoms with Gasteiger partial charge in [-0.05, 0) is 17.7 Å². The van der Waals surface area contributed by atoms with Gasteiger partial charge >= 0.3 is 5.69 Å². The second kappa shape index (κ2) is 5.15. The van der Waals surface area contributed by atoms with E-state index in [9.17, 15) is 9.90 Å². The molecule has 102 valence electrons. The number of aromatic amines is 2. The minimum Gasteiger partial charge on any atom is -0.388 e. The van der Waals surface area contributed by atoms with Crippen LogP contribution in [0.3, 0.4) is 0 Å². The molecular formula is C15H13ClN2O2. The Bertz CT molecular complexity index is 792. The summed E-state index contributed by atoms with van der Waals surface area (Å²) in [6.07, 6.45) is -0.242. The maximum Gasteiger partial charge on any atom is 0.323 e. The number of nitrogens with one attached hydrogen (secondary N) is 2. The van der Waals surface area contributed by atoms with E-state index in [1.54, 1.807) is 12.1 Å². The highest BCUT2D eigenvalue weighted by atomic mass is 35.5. The highest BCUT2D eigenvalue weighted by molar-refractivity contribution is 6.32. The lowest BCUT2D eigenvalue weighted by Gasteiger charge is -2.13. The molecule has 0 radical (unpaired) electrons. The molecule has 0 saturated heterocycles. The first-order chi connectivity index (χ1) is 9.63. The van der Waals surface area contributed by atoms with Crippen LogP contribution in [0.2, 0.25) is 5.02 Å². The SMILES string of the molecule is O=c1[nH]c2cc(Cl)c(C(O)Cc3ccccc3)cc2[nH]1. The Kier molecular flexibility index (Phi) is 3.34. The van der Waals surface area contributed by atoms with Crippen molar-refractivity contribution < 1.29 is 5.11 Å². The van der Waals surface area contributed by atoms with Gasteiger partial charge in [-0.2, -0.15) is 0 Å². The van der Waals surface area contributed by atoms with E-state index in [1.165, 1.54) is 0 Å². The molecule has 0 fully saturated rings. The monoisotopic (exact) mass is 288 g/mol. The second-order valence-corrected chi connectivity index (χ2v) is 5.11.